The molecule has 0 aliphatic carbocycles. The number of aromatic amines is 1. The van der Waals surface area contributed by atoms with Crippen LogP contribution < -0.4 is 10.5 Å². The minimum absolute atomic E-state index is 0.0457. The molecule has 0 atom stereocenters. The third-order valence-corrected chi connectivity index (χ3v) is 5.80. The summed E-state index contributed by atoms with van der Waals surface area (Å²) < 4.78 is 14.4. The van der Waals surface area contributed by atoms with E-state index in [1.807, 2.05) is 11.8 Å². The van der Waals surface area contributed by atoms with Gasteiger partial charge in [0.1, 0.15) is 5.82 Å². The lowest BCUT2D eigenvalue weighted by atomic mass is 10.1. The number of nitrogens with one attached hydrogen (secondary N) is 1. The van der Waals surface area contributed by atoms with E-state index in [0.29, 0.717) is 42.6 Å². The first kappa shape index (κ1) is 22.0. The molecule has 2 heterocycles. The van der Waals surface area contributed by atoms with E-state index in [2.05, 4.69) is 9.97 Å². The fourth-order valence-corrected chi connectivity index (χ4v) is 4.13. The predicted octanol–water partition coefficient (Wildman–Crippen LogP) is 2.51. The van der Waals surface area contributed by atoms with Crippen molar-refractivity contribution in [1.82, 2.24) is 14.9 Å². The number of nitrogens with zero attached hydrogens (tertiary/aromatic N) is 3. The predicted molar refractivity (Wildman–Crippen MR) is 115 cm³/mol. The van der Waals surface area contributed by atoms with E-state index >= 15 is 0 Å². The zero-order chi connectivity index (χ0) is 21.7. The van der Waals surface area contributed by atoms with Crippen LogP contribution in [0.4, 0.5) is 10.1 Å². The summed E-state index contributed by atoms with van der Waals surface area (Å²) in [5, 5.41) is 0.450. The van der Waals surface area contributed by atoms with Crippen molar-refractivity contribution in [3.63, 3.8) is 0 Å². The maximum absolute atomic E-state index is 14.4. The highest BCUT2D eigenvalue weighted by Gasteiger charge is 2.23. The van der Waals surface area contributed by atoms with Crippen LogP contribution in [0.3, 0.4) is 0 Å². The van der Waals surface area contributed by atoms with Crippen molar-refractivity contribution in [2.75, 3.05) is 36.8 Å². The molecule has 9 heteroatoms. The maximum Gasteiger partial charge on any atom is 0.251 e. The molecule has 1 aliphatic heterocycles. The Kier molecular flexibility index (Phi) is 7.25. The van der Waals surface area contributed by atoms with Crippen LogP contribution in [-0.2, 0) is 11.2 Å². The number of carbonyl (C=O) groups is 2. The standard InChI is InChI=1S/C21H25FN4O3S/c1-3-4-16-12-19(28)24-21(23-16)30-13-20(29)26-9-7-25(8-10-26)18-6-5-15(14(2)27)11-17(18)22/h5-6,11-12H,3-4,7-10,13H2,1-2H3,(H,23,24,28). The molecule has 0 spiro atoms. The molecule has 0 unspecified atom stereocenters. The molecule has 7 nitrogen and oxygen atoms in total. The van der Waals surface area contributed by atoms with Crippen molar-refractivity contribution in [3.8, 4) is 0 Å². The molecule has 3 rings (SSSR count). The number of amides is 1. The van der Waals surface area contributed by atoms with Gasteiger partial charge in [0.15, 0.2) is 10.9 Å². The van der Waals surface area contributed by atoms with Gasteiger partial charge < -0.3 is 14.8 Å². The topological polar surface area (TPSA) is 86.4 Å². The number of thioether (sulfide) groups is 1. The second-order valence-electron chi connectivity index (χ2n) is 7.17. The number of piperazine rings is 1. The van der Waals surface area contributed by atoms with E-state index in [0.717, 1.165) is 18.5 Å². The number of hydrogen-bond acceptors (Lipinski definition) is 6. The molecule has 160 valence electrons. The van der Waals surface area contributed by atoms with Gasteiger partial charge in [-0.25, -0.2) is 9.37 Å². The Morgan fingerprint density at radius 2 is 1.93 bits per heavy atom. The fraction of sp³-hybridized carbons (Fsp3) is 0.429. The van der Waals surface area contributed by atoms with Crippen molar-refractivity contribution in [2.24, 2.45) is 0 Å². The first-order valence-electron chi connectivity index (χ1n) is 9.93. The van der Waals surface area contributed by atoms with E-state index in [9.17, 15) is 18.8 Å². The van der Waals surface area contributed by atoms with E-state index < -0.39 is 5.82 Å². The number of halogens is 1. The minimum atomic E-state index is -0.431. The molecule has 1 amide bonds. The van der Waals surface area contributed by atoms with Gasteiger partial charge in [0.05, 0.1) is 11.4 Å². The summed E-state index contributed by atoms with van der Waals surface area (Å²) in [5.74, 6) is -0.472. The molecular formula is C21H25FN4O3S. The van der Waals surface area contributed by atoms with Gasteiger partial charge in [0.2, 0.25) is 5.91 Å². The normalized spacial score (nSPS) is 14.1. The number of aryl methyl sites for hydroxylation is 1. The highest BCUT2D eigenvalue weighted by atomic mass is 32.2. The van der Waals surface area contributed by atoms with Crippen molar-refractivity contribution >= 4 is 29.1 Å². The quantitative estimate of drug-likeness (QED) is 0.411. The van der Waals surface area contributed by atoms with Crippen molar-refractivity contribution < 1.29 is 14.0 Å². The molecule has 1 N–H and O–H groups in total. The summed E-state index contributed by atoms with van der Waals surface area (Å²) in [4.78, 5) is 46.3. The Bertz CT molecular complexity index is 986. The van der Waals surface area contributed by atoms with Crippen LogP contribution in [0.15, 0.2) is 34.2 Å². The van der Waals surface area contributed by atoms with Crippen LogP contribution in [0.5, 0.6) is 0 Å². The first-order valence-corrected chi connectivity index (χ1v) is 10.9. The number of rotatable bonds is 7. The van der Waals surface area contributed by atoms with E-state index in [1.54, 1.807) is 17.0 Å². The zero-order valence-electron chi connectivity index (χ0n) is 17.1. The molecule has 0 radical (unpaired) electrons. The lowest BCUT2D eigenvalue weighted by Crippen LogP contribution is -2.49. The van der Waals surface area contributed by atoms with Crippen LogP contribution in [0, 0.1) is 5.82 Å². The number of ketones is 1. The summed E-state index contributed by atoms with van der Waals surface area (Å²) >= 11 is 1.22. The number of Topliss-reactive ketones (excluding diaryl/α,β-unsaturated/α-hetero) is 1. The molecular weight excluding hydrogens is 407 g/mol. The van der Waals surface area contributed by atoms with Gasteiger partial charge >= 0.3 is 0 Å². The minimum Gasteiger partial charge on any atom is -0.366 e. The number of benzene rings is 1. The van der Waals surface area contributed by atoms with Crippen LogP contribution in [0.2, 0.25) is 0 Å². The average molecular weight is 433 g/mol. The molecule has 1 saturated heterocycles. The molecule has 0 bridgehead atoms. The Hall–Kier alpha value is -2.68. The molecule has 1 fully saturated rings. The van der Waals surface area contributed by atoms with Crippen LogP contribution >= 0.6 is 11.8 Å². The Morgan fingerprint density at radius 3 is 2.57 bits per heavy atom. The number of aromatic nitrogens is 2. The summed E-state index contributed by atoms with van der Waals surface area (Å²) in [5.41, 5.74) is 1.30. The third-order valence-electron chi connectivity index (χ3n) is 4.94. The second kappa shape index (κ2) is 9.88. The number of hydrogen-bond donors (Lipinski definition) is 1. The highest BCUT2D eigenvalue weighted by molar-refractivity contribution is 7.99. The molecule has 1 aliphatic rings. The Morgan fingerprint density at radius 1 is 1.20 bits per heavy atom. The van der Waals surface area contributed by atoms with Gasteiger partial charge in [-0.3, -0.25) is 14.4 Å². The largest absolute Gasteiger partial charge is 0.366 e. The Balaban J connectivity index is 1.54. The van der Waals surface area contributed by atoms with Gasteiger partial charge in [-0.2, -0.15) is 0 Å². The summed E-state index contributed by atoms with van der Waals surface area (Å²) in [6, 6.07) is 5.98. The van der Waals surface area contributed by atoms with Gasteiger partial charge in [-0.05, 0) is 31.5 Å². The van der Waals surface area contributed by atoms with Crippen molar-refractivity contribution in [3.05, 3.63) is 51.7 Å². The zero-order valence-corrected chi connectivity index (χ0v) is 17.9. The summed E-state index contributed by atoms with van der Waals surface area (Å²) in [7, 11) is 0. The van der Waals surface area contributed by atoms with Gasteiger partial charge in [0.25, 0.3) is 5.56 Å². The fourth-order valence-electron chi connectivity index (χ4n) is 3.34. The van der Waals surface area contributed by atoms with Crippen molar-refractivity contribution in [2.45, 2.75) is 31.8 Å². The molecule has 2 aromatic rings. The smallest absolute Gasteiger partial charge is 0.251 e. The molecule has 30 heavy (non-hydrogen) atoms. The molecule has 1 aromatic carbocycles. The van der Waals surface area contributed by atoms with E-state index in [1.165, 1.54) is 30.8 Å². The number of carbonyl (C=O) groups excluding carboxylic acids is 2. The monoisotopic (exact) mass is 432 g/mol. The summed E-state index contributed by atoms with van der Waals surface area (Å²) in [6.45, 7) is 5.40. The first-order chi connectivity index (χ1) is 14.4. The highest BCUT2D eigenvalue weighted by Crippen LogP contribution is 2.23. The van der Waals surface area contributed by atoms with Crippen molar-refractivity contribution in [1.29, 1.82) is 0 Å². The van der Waals surface area contributed by atoms with Gasteiger partial charge in [-0.15, -0.1) is 0 Å². The number of H-pyrrole nitrogens is 1. The SMILES string of the molecule is CCCc1cc(=O)[nH]c(SCC(=O)N2CCN(c3ccc(C(C)=O)cc3F)CC2)n1. The second-order valence-corrected chi connectivity index (χ2v) is 8.13. The maximum atomic E-state index is 14.4. The average Bonchev–Trinajstić information content (AvgIpc) is 2.72. The van der Waals surface area contributed by atoms with Crippen LogP contribution in [0.25, 0.3) is 0 Å². The van der Waals surface area contributed by atoms with Crippen LogP contribution in [0.1, 0.15) is 36.3 Å². The Labute approximate surface area is 178 Å². The molecule has 1 aromatic heterocycles. The lowest BCUT2D eigenvalue weighted by Gasteiger charge is -2.36. The lowest BCUT2D eigenvalue weighted by molar-refractivity contribution is -0.128. The van der Waals surface area contributed by atoms with E-state index in [-0.39, 0.29) is 23.0 Å². The number of anilines is 1. The molecule has 0 saturated carbocycles. The van der Waals surface area contributed by atoms with Gasteiger partial charge in [0, 0.05) is 43.5 Å². The van der Waals surface area contributed by atoms with Crippen LogP contribution in [-0.4, -0.2) is 58.5 Å². The van der Waals surface area contributed by atoms with E-state index in [4.69, 9.17) is 0 Å². The third kappa shape index (κ3) is 5.47. The van der Waals surface area contributed by atoms with Gasteiger partial charge in [-0.1, -0.05) is 25.1 Å². The summed E-state index contributed by atoms with van der Waals surface area (Å²) in [6.07, 6.45) is 1.61.